The minimum Gasteiger partial charge on any atom is -0.497 e. The molecule has 0 spiro atoms. The summed E-state index contributed by atoms with van der Waals surface area (Å²) in [6.07, 6.45) is 2.96. The Labute approximate surface area is 188 Å². The second-order valence-corrected chi connectivity index (χ2v) is 9.99. The number of sulfonamides is 1. The summed E-state index contributed by atoms with van der Waals surface area (Å²) in [5.41, 5.74) is 0. The molecule has 1 heterocycles. The third-order valence-electron chi connectivity index (χ3n) is 5.25. The van der Waals surface area contributed by atoms with Crippen LogP contribution in [0.5, 0.6) is 11.5 Å². The first-order chi connectivity index (χ1) is 14.9. The molecule has 1 saturated heterocycles. The summed E-state index contributed by atoms with van der Waals surface area (Å²) in [7, 11) is -1.92. The number of benzene rings is 2. The summed E-state index contributed by atoms with van der Waals surface area (Å²) in [5.74, 6) is 1.22. The summed E-state index contributed by atoms with van der Waals surface area (Å²) in [5, 5.41) is 2.88. The van der Waals surface area contributed by atoms with Gasteiger partial charge < -0.3 is 14.8 Å². The quantitative estimate of drug-likeness (QED) is 0.454. The van der Waals surface area contributed by atoms with Crippen molar-refractivity contribution >= 4 is 27.7 Å². The lowest BCUT2D eigenvalue weighted by molar-refractivity contribution is -0.126. The van der Waals surface area contributed by atoms with Crippen molar-refractivity contribution in [3.8, 4) is 11.5 Å². The Hall–Kier alpha value is -2.23. The minimum absolute atomic E-state index is 0.0558. The molecule has 1 amide bonds. The summed E-state index contributed by atoms with van der Waals surface area (Å²) in [4.78, 5) is 13.8. The van der Waals surface area contributed by atoms with Gasteiger partial charge >= 0.3 is 0 Å². The van der Waals surface area contributed by atoms with Crippen LogP contribution >= 0.6 is 11.8 Å². The van der Waals surface area contributed by atoms with E-state index in [2.05, 4.69) is 5.32 Å². The maximum atomic E-state index is 12.8. The summed E-state index contributed by atoms with van der Waals surface area (Å²) >= 11 is 1.57. The van der Waals surface area contributed by atoms with Crippen LogP contribution in [0.3, 0.4) is 0 Å². The molecule has 1 aliphatic rings. The first kappa shape index (κ1) is 23.4. The zero-order valence-electron chi connectivity index (χ0n) is 17.7. The molecule has 0 radical (unpaired) electrons. The van der Waals surface area contributed by atoms with Gasteiger partial charge in [-0.3, -0.25) is 4.79 Å². The number of piperidine rings is 1. The SMILES string of the molecule is COc1ccc(OCCNC(=O)C2CCN(S(=O)(=O)c3ccc(SC)cc3)CC2)cc1. The number of nitrogens with zero attached hydrogens (tertiary/aromatic N) is 1. The summed E-state index contributed by atoms with van der Waals surface area (Å²) < 4.78 is 37.9. The van der Waals surface area contributed by atoms with Crippen molar-refractivity contribution in [2.45, 2.75) is 22.6 Å². The Kier molecular flexibility index (Phi) is 8.22. The standard InChI is InChI=1S/C22H28N2O5S2/c1-28-18-3-5-19(6-4-18)29-16-13-23-22(25)17-11-14-24(15-12-17)31(26,27)21-9-7-20(30-2)8-10-21/h3-10,17H,11-16H2,1-2H3,(H,23,25). The molecule has 168 valence electrons. The van der Waals surface area contributed by atoms with Crippen molar-refractivity contribution in [2.24, 2.45) is 5.92 Å². The molecular formula is C22H28N2O5S2. The average Bonchev–Trinajstić information content (AvgIpc) is 2.82. The van der Waals surface area contributed by atoms with E-state index in [1.807, 2.05) is 42.7 Å². The van der Waals surface area contributed by atoms with Gasteiger partial charge in [0, 0.05) is 23.9 Å². The number of methoxy groups -OCH3 is 1. The first-order valence-electron chi connectivity index (χ1n) is 10.1. The zero-order chi connectivity index (χ0) is 22.3. The molecule has 0 bridgehead atoms. The maximum absolute atomic E-state index is 12.8. The highest BCUT2D eigenvalue weighted by molar-refractivity contribution is 7.98. The number of thioether (sulfide) groups is 1. The number of nitrogens with one attached hydrogen (secondary N) is 1. The first-order valence-corrected chi connectivity index (χ1v) is 12.8. The maximum Gasteiger partial charge on any atom is 0.243 e. The normalized spacial score (nSPS) is 15.4. The summed E-state index contributed by atoms with van der Waals surface area (Å²) in [6.45, 7) is 1.43. The van der Waals surface area contributed by atoms with Gasteiger partial charge in [0.2, 0.25) is 15.9 Å². The van der Waals surface area contributed by atoms with E-state index in [0.29, 0.717) is 49.7 Å². The van der Waals surface area contributed by atoms with E-state index in [-0.39, 0.29) is 11.8 Å². The van der Waals surface area contributed by atoms with Gasteiger partial charge in [-0.25, -0.2) is 8.42 Å². The molecule has 1 N–H and O–H groups in total. The molecule has 0 unspecified atom stereocenters. The fourth-order valence-corrected chi connectivity index (χ4v) is 5.29. The molecule has 0 aromatic heterocycles. The van der Waals surface area contributed by atoms with Gasteiger partial charge in [0.1, 0.15) is 18.1 Å². The van der Waals surface area contributed by atoms with E-state index < -0.39 is 10.0 Å². The van der Waals surface area contributed by atoms with Crippen molar-refractivity contribution in [1.29, 1.82) is 0 Å². The fourth-order valence-electron chi connectivity index (χ4n) is 3.41. The number of hydrogen-bond acceptors (Lipinski definition) is 6. The van der Waals surface area contributed by atoms with E-state index in [9.17, 15) is 13.2 Å². The second kappa shape index (κ2) is 10.9. The Morgan fingerprint density at radius 1 is 1.06 bits per heavy atom. The number of rotatable bonds is 9. The third kappa shape index (κ3) is 6.15. The highest BCUT2D eigenvalue weighted by Gasteiger charge is 2.31. The van der Waals surface area contributed by atoms with Crippen LogP contribution < -0.4 is 14.8 Å². The van der Waals surface area contributed by atoms with Crippen molar-refractivity contribution in [3.63, 3.8) is 0 Å². The van der Waals surface area contributed by atoms with E-state index in [1.165, 1.54) is 4.31 Å². The molecule has 3 rings (SSSR count). The number of ether oxygens (including phenoxy) is 2. The topological polar surface area (TPSA) is 84.9 Å². The molecule has 7 nitrogen and oxygen atoms in total. The lowest BCUT2D eigenvalue weighted by atomic mass is 9.97. The Bertz CT molecular complexity index is 954. The van der Waals surface area contributed by atoms with Crippen LogP contribution in [0.4, 0.5) is 0 Å². The molecule has 0 atom stereocenters. The predicted octanol–water partition coefficient (Wildman–Crippen LogP) is 3.01. The molecule has 0 saturated carbocycles. The highest BCUT2D eigenvalue weighted by Crippen LogP contribution is 2.25. The molecule has 1 aliphatic heterocycles. The van der Waals surface area contributed by atoms with Crippen LogP contribution in [0.1, 0.15) is 12.8 Å². The number of hydrogen-bond donors (Lipinski definition) is 1. The van der Waals surface area contributed by atoms with Gasteiger partial charge in [0.15, 0.2) is 0 Å². The van der Waals surface area contributed by atoms with Crippen molar-refractivity contribution < 1.29 is 22.7 Å². The van der Waals surface area contributed by atoms with Gasteiger partial charge in [-0.05, 0) is 67.6 Å². The fraction of sp³-hybridized carbons (Fsp3) is 0.409. The second-order valence-electron chi connectivity index (χ2n) is 7.17. The van der Waals surface area contributed by atoms with E-state index in [0.717, 1.165) is 10.6 Å². The predicted molar refractivity (Wildman–Crippen MR) is 121 cm³/mol. The Morgan fingerprint density at radius 2 is 1.68 bits per heavy atom. The molecule has 1 fully saturated rings. The van der Waals surface area contributed by atoms with Crippen molar-refractivity contribution in [3.05, 3.63) is 48.5 Å². The molecule has 31 heavy (non-hydrogen) atoms. The van der Waals surface area contributed by atoms with Crippen LogP contribution in [0, 0.1) is 5.92 Å². The Morgan fingerprint density at radius 3 is 2.26 bits per heavy atom. The lowest BCUT2D eigenvalue weighted by Gasteiger charge is -2.30. The van der Waals surface area contributed by atoms with Crippen molar-refractivity contribution in [1.82, 2.24) is 9.62 Å². The van der Waals surface area contributed by atoms with Crippen LogP contribution in [0.25, 0.3) is 0 Å². The molecule has 9 heteroatoms. The largest absolute Gasteiger partial charge is 0.497 e. The lowest BCUT2D eigenvalue weighted by Crippen LogP contribution is -2.43. The van der Waals surface area contributed by atoms with E-state index in [1.54, 1.807) is 31.0 Å². The molecule has 2 aromatic rings. The van der Waals surface area contributed by atoms with Crippen LogP contribution in [-0.2, 0) is 14.8 Å². The molecule has 2 aromatic carbocycles. The van der Waals surface area contributed by atoms with Gasteiger partial charge in [-0.1, -0.05) is 0 Å². The van der Waals surface area contributed by atoms with Crippen LogP contribution in [-0.4, -0.2) is 58.2 Å². The van der Waals surface area contributed by atoms with Crippen LogP contribution in [0.15, 0.2) is 58.3 Å². The van der Waals surface area contributed by atoms with E-state index in [4.69, 9.17) is 9.47 Å². The third-order valence-corrected chi connectivity index (χ3v) is 7.91. The van der Waals surface area contributed by atoms with Gasteiger partial charge in [-0.2, -0.15) is 4.31 Å². The monoisotopic (exact) mass is 464 g/mol. The number of carbonyl (C=O) groups excluding carboxylic acids is 1. The molecule has 0 aliphatic carbocycles. The van der Waals surface area contributed by atoms with E-state index >= 15 is 0 Å². The van der Waals surface area contributed by atoms with Gasteiger partial charge in [0.05, 0.1) is 18.6 Å². The number of amides is 1. The minimum atomic E-state index is -3.53. The zero-order valence-corrected chi connectivity index (χ0v) is 19.4. The summed E-state index contributed by atoms with van der Waals surface area (Å²) in [6, 6.07) is 14.2. The number of carbonyl (C=O) groups is 1. The van der Waals surface area contributed by atoms with Crippen LogP contribution in [0.2, 0.25) is 0 Å². The Balaban J connectivity index is 1.42. The molecular weight excluding hydrogens is 436 g/mol. The average molecular weight is 465 g/mol. The van der Waals surface area contributed by atoms with Gasteiger partial charge in [-0.15, -0.1) is 11.8 Å². The van der Waals surface area contributed by atoms with Gasteiger partial charge in [0.25, 0.3) is 0 Å². The smallest absolute Gasteiger partial charge is 0.243 e. The van der Waals surface area contributed by atoms with Crippen molar-refractivity contribution in [2.75, 3.05) is 39.6 Å². The highest BCUT2D eigenvalue weighted by atomic mass is 32.2.